The van der Waals surface area contributed by atoms with Gasteiger partial charge in [-0.3, -0.25) is 9.79 Å². The lowest BCUT2D eigenvalue weighted by molar-refractivity contribution is -0.274. The van der Waals surface area contributed by atoms with Gasteiger partial charge < -0.3 is 20.9 Å². The van der Waals surface area contributed by atoms with Crippen molar-refractivity contribution >= 4 is 29.4 Å². The minimum absolute atomic E-state index is 0.0694. The van der Waals surface area contributed by atoms with Crippen LogP contribution in [0, 0.1) is 5.82 Å². The average molecular weight is 493 g/mol. The lowest BCUT2D eigenvalue weighted by atomic mass is 9.93. The van der Waals surface area contributed by atoms with Gasteiger partial charge in [0.2, 0.25) is 5.91 Å². The Balaban J connectivity index is 1.85. The SMILES string of the molecule is CCCN=CC(=CN)c1ccc(NC(=O)C2(c3ccc(OC(F)(F)F)cc3F)CC2)cc1C(=O)O. The number of alkyl halides is 3. The zero-order valence-electron chi connectivity index (χ0n) is 18.7. The van der Waals surface area contributed by atoms with Gasteiger partial charge in [0.05, 0.1) is 11.0 Å². The van der Waals surface area contributed by atoms with Crippen molar-refractivity contribution in [1.82, 2.24) is 0 Å². The summed E-state index contributed by atoms with van der Waals surface area (Å²) in [5, 5.41) is 12.3. The fourth-order valence-electron chi connectivity index (χ4n) is 3.62. The highest BCUT2D eigenvalue weighted by molar-refractivity contribution is 6.13. The summed E-state index contributed by atoms with van der Waals surface area (Å²) in [6.07, 6.45) is -0.936. The van der Waals surface area contributed by atoms with Crippen LogP contribution >= 0.6 is 0 Å². The monoisotopic (exact) mass is 493 g/mol. The maximum absolute atomic E-state index is 14.6. The van der Waals surface area contributed by atoms with E-state index in [0.29, 0.717) is 23.7 Å². The number of carboxylic acid groups (broad SMARTS) is 1. The van der Waals surface area contributed by atoms with Crippen LogP contribution in [0.25, 0.3) is 5.57 Å². The van der Waals surface area contributed by atoms with Gasteiger partial charge in [0.1, 0.15) is 11.6 Å². The van der Waals surface area contributed by atoms with Gasteiger partial charge >= 0.3 is 12.3 Å². The van der Waals surface area contributed by atoms with Gasteiger partial charge in [-0.2, -0.15) is 0 Å². The number of hydrogen-bond donors (Lipinski definition) is 3. The first-order chi connectivity index (χ1) is 16.5. The maximum Gasteiger partial charge on any atom is 0.573 e. The number of nitrogens with zero attached hydrogens (tertiary/aromatic N) is 1. The summed E-state index contributed by atoms with van der Waals surface area (Å²) in [5.74, 6) is -3.61. The first kappa shape index (κ1) is 25.7. The predicted molar refractivity (Wildman–Crippen MR) is 122 cm³/mol. The Morgan fingerprint density at radius 2 is 1.91 bits per heavy atom. The lowest BCUT2D eigenvalue weighted by Gasteiger charge is -2.18. The van der Waals surface area contributed by atoms with Crippen LogP contribution in [-0.2, 0) is 10.2 Å². The van der Waals surface area contributed by atoms with Crippen molar-refractivity contribution in [3.63, 3.8) is 0 Å². The van der Waals surface area contributed by atoms with Gasteiger partial charge in [0.15, 0.2) is 0 Å². The van der Waals surface area contributed by atoms with E-state index in [4.69, 9.17) is 5.73 Å². The van der Waals surface area contributed by atoms with E-state index < -0.39 is 35.2 Å². The summed E-state index contributed by atoms with van der Waals surface area (Å²) >= 11 is 0. The van der Waals surface area contributed by atoms with E-state index in [9.17, 15) is 32.3 Å². The van der Waals surface area contributed by atoms with E-state index in [2.05, 4.69) is 15.0 Å². The van der Waals surface area contributed by atoms with Crippen LogP contribution in [0.2, 0.25) is 0 Å². The summed E-state index contributed by atoms with van der Waals surface area (Å²) in [6, 6.07) is 6.80. The summed E-state index contributed by atoms with van der Waals surface area (Å²) < 4.78 is 55.5. The standard InChI is InChI=1S/C24H23F4N3O4/c1-2-9-30-13-14(12-29)17-5-3-15(10-18(17)21(32)33)31-22(34)23(7-8-23)19-6-4-16(11-20(19)25)35-24(26,27)28/h3-6,10-13H,2,7-9,29H2,1H3,(H,31,34)(H,32,33). The van der Waals surface area contributed by atoms with E-state index in [0.717, 1.165) is 18.6 Å². The largest absolute Gasteiger partial charge is 0.573 e. The van der Waals surface area contributed by atoms with Crippen molar-refractivity contribution in [2.75, 3.05) is 11.9 Å². The van der Waals surface area contributed by atoms with Crippen LogP contribution in [-0.4, -0.2) is 36.1 Å². The van der Waals surface area contributed by atoms with E-state index >= 15 is 0 Å². The Morgan fingerprint density at radius 3 is 2.46 bits per heavy atom. The Kier molecular flexibility index (Phi) is 7.47. The Labute approximate surface area is 198 Å². The number of halogens is 4. The summed E-state index contributed by atoms with van der Waals surface area (Å²) in [6.45, 7) is 2.47. The molecule has 1 amide bonds. The normalized spacial score (nSPS) is 15.2. The molecule has 0 radical (unpaired) electrons. The highest BCUT2D eigenvalue weighted by Crippen LogP contribution is 2.50. The van der Waals surface area contributed by atoms with E-state index in [1.54, 1.807) is 0 Å². The second-order valence-corrected chi connectivity index (χ2v) is 7.95. The van der Waals surface area contributed by atoms with Gasteiger partial charge in [-0.05, 0) is 43.0 Å². The third-order valence-electron chi connectivity index (χ3n) is 5.46. The molecule has 0 spiro atoms. The molecule has 0 saturated heterocycles. The molecular weight excluding hydrogens is 470 g/mol. The zero-order valence-corrected chi connectivity index (χ0v) is 18.7. The number of allylic oxidation sites excluding steroid dienone is 1. The molecule has 0 aliphatic heterocycles. The number of benzene rings is 2. The highest BCUT2D eigenvalue weighted by Gasteiger charge is 2.53. The molecule has 3 rings (SSSR count). The number of rotatable bonds is 9. The number of amides is 1. The molecule has 11 heteroatoms. The second kappa shape index (κ2) is 10.2. The zero-order chi connectivity index (χ0) is 25.8. The molecule has 0 unspecified atom stereocenters. The van der Waals surface area contributed by atoms with Crippen molar-refractivity contribution in [3.05, 3.63) is 65.1 Å². The molecule has 1 saturated carbocycles. The molecule has 0 atom stereocenters. The summed E-state index contributed by atoms with van der Waals surface area (Å²) in [5.41, 5.74) is 4.99. The molecule has 1 aliphatic carbocycles. The number of aromatic carboxylic acids is 1. The van der Waals surface area contributed by atoms with Crippen molar-refractivity contribution in [2.45, 2.75) is 38.0 Å². The number of nitrogens with one attached hydrogen (secondary N) is 1. The van der Waals surface area contributed by atoms with Crippen molar-refractivity contribution in [1.29, 1.82) is 0 Å². The number of nitrogens with two attached hydrogens (primary N) is 1. The van der Waals surface area contributed by atoms with Crippen LogP contribution in [0.3, 0.4) is 0 Å². The maximum atomic E-state index is 14.6. The van der Waals surface area contributed by atoms with Crippen molar-refractivity contribution < 1.29 is 37.0 Å². The van der Waals surface area contributed by atoms with Gasteiger partial charge in [-0.1, -0.05) is 19.1 Å². The van der Waals surface area contributed by atoms with Gasteiger partial charge in [-0.15, -0.1) is 13.2 Å². The molecule has 4 N–H and O–H groups in total. The number of carboxylic acids is 1. The van der Waals surface area contributed by atoms with E-state index in [1.165, 1.54) is 30.6 Å². The summed E-state index contributed by atoms with van der Waals surface area (Å²) in [7, 11) is 0. The molecule has 2 aromatic rings. The molecule has 7 nitrogen and oxygen atoms in total. The molecule has 186 valence electrons. The average Bonchev–Trinajstić information content (AvgIpc) is 3.58. The minimum Gasteiger partial charge on any atom is -0.478 e. The third-order valence-corrected chi connectivity index (χ3v) is 5.46. The quantitative estimate of drug-likeness (QED) is 0.341. The van der Waals surface area contributed by atoms with Crippen molar-refractivity contribution in [2.24, 2.45) is 10.7 Å². The van der Waals surface area contributed by atoms with Gasteiger partial charge in [-0.25, -0.2) is 9.18 Å². The van der Waals surface area contributed by atoms with Crippen LogP contribution < -0.4 is 15.8 Å². The van der Waals surface area contributed by atoms with E-state index in [1.807, 2.05) is 6.92 Å². The fraction of sp³-hybridized carbons (Fsp3) is 0.292. The topological polar surface area (TPSA) is 114 Å². The van der Waals surface area contributed by atoms with Gasteiger partial charge in [0, 0.05) is 41.8 Å². The van der Waals surface area contributed by atoms with Gasteiger partial charge in [0.25, 0.3) is 0 Å². The van der Waals surface area contributed by atoms with E-state index in [-0.39, 0.29) is 29.7 Å². The Hall–Kier alpha value is -3.89. The number of anilines is 1. The minimum atomic E-state index is -4.97. The second-order valence-electron chi connectivity index (χ2n) is 7.95. The number of carbonyl (C=O) groups is 2. The first-order valence-corrected chi connectivity index (χ1v) is 10.7. The number of ether oxygens (including phenoxy) is 1. The molecule has 1 aliphatic rings. The fourth-order valence-corrected chi connectivity index (χ4v) is 3.62. The number of hydrogen-bond acceptors (Lipinski definition) is 5. The molecule has 0 aromatic heterocycles. The molecule has 1 fully saturated rings. The molecule has 0 bridgehead atoms. The van der Waals surface area contributed by atoms with Crippen LogP contribution in [0.4, 0.5) is 23.2 Å². The molecular formula is C24H23F4N3O4. The number of aliphatic imine (C=N–C) groups is 1. The highest BCUT2D eigenvalue weighted by atomic mass is 19.4. The van der Waals surface area contributed by atoms with Crippen LogP contribution in [0.15, 0.2) is 47.6 Å². The summed E-state index contributed by atoms with van der Waals surface area (Å²) in [4.78, 5) is 29.0. The molecule has 2 aromatic carbocycles. The molecule has 35 heavy (non-hydrogen) atoms. The Bertz CT molecular complexity index is 1190. The smallest absolute Gasteiger partial charge is 0.478 e. The predicted octanol–water partition coefficient (Wildman–Crippen LogP) is 4.87. The lowest BCUT2D eigenvalue weighted by Crippen LogP contribution is -2.29. The van der Waals surface area contributed by atoms with Crippen LogP contribution in [0.1, 0.15) is 47.7 Å². The van der Waals surface area contributed by atoms with Crippen molar-refractivity contribution in [3.8, 4) is 5.75 Å². The third kappa shape index (κ3) is 5.97. The first-order valence-electron chi connectivity index (χ1n) is 10.7. The molecule has 0 heterocycles. The number of carbonyl (C=O) groups excluding carboxylic acids is 1. The van der Waals surface area contributed by atoms with Crippen LogP contribution in [0.5, 0.6) is 5.75 Å². The Morgan fingerprint density at radius 1 is 1.20 bits per heavy atom.